The lowest BCUT2D eigenvalue weighted by Crippen LogP contribution is -2.53. The fraction of sp³-hybridized carbons (Fsp3) is 0.667. The molecule has 2 aliphatic rings. The second-order valence-corrected chi connectivity index (χ2v) is 6.31. The zero-order chi connectivity index (χ0) is 18.0. The standard InChI is InChI=1S/C18H29N5O3.BrH/c1-24-11-6-20-18(21-14-16-15-25-12-13-26-16)23-9-7-22(8-10-23)17-4-2-3-5-19-17;/h2-5,16H,6-15H2,1H3,(H,20,21);1H/t16-;/m1./s1. The van der Waals surface area contributed by atoms with Gasteiger partial charge in [0.15, 0.2) is 5.96 Å². The van der Waals surface area contributed by atoms with E-state index in [0.717, 1.165) is 44.5 Å². The van der Waals surface area contributed by atoms with Crippen LogP contribution in [-0.4, -0.2) is 94.8 Å². The number of nitrogens with zero attached hydrogens (tertiary/aromatic N) is 4. The number of hydrogen-bond acceptors (Lipinski definition) is 6. The van der Waals surface area contributed by atoms with Gasteiger partial charge in [0.25, 0.3) is 0 Å². The number of methoxy groups -OCH3 is 1. The summed E-state index contributed by atoms with van der Waals surface area (Å²) in [6.45, 7) is 7.57. The smallest absolute Gasteiger partial charge is 0.194 e. The number of piperazine rings is 1. The molecule has 2 fully saturated rings. The molecule has 1 atom stereocenters. The summed E-state index contributed by atoms with van der Waals surface area (Å²) in [5, 5.41) is 3.40. The van der Waals surface area contributed by atoms with Crippen LogP contribution in [0.4, 0.5) is 5.82 Å². The predicted molar refractivity (Wildman–Crippen MR) is 111 cm³/mol. The van der Waals surface area contributed by atoms with Crippen molar-refractivity contribution in [3.05, 3.63) is 24.4 Å². The van der Waals surface area contributed by atoms with Gasteiger partial charge in [-0.05, 0) is 12.1 Å². The van der Waals surface area contributed by atoms with Crippen LogP contribution < -0.4 is 10.2 Å². The molecular weight excluding hydrogens is 414 g/mol. The van der Waals surface area contributed by atoms with Crippen molar-refractivity contribution in [3.8, 4) is 0 Å². The normalized spacial score (nSPS) is 20.9. The van der Waals surface area contributed by atoms with Crippen LogP contribution >= 0.6 is 17.0 Å². The molecule has 8 nitrogen and oxygen atoms in total. The van der Waals surface area contributed by atoms with E-state index < -0.39 is 0 Å². The molecule has 0 aromatic carbocycles. The monoisotopic (exact) mass is 443 g/mol. The van der Waals surface area contributed by atoms with Gasteiger partial charge in [0.05, 0.1) is 33.0 Å². The minimum absolute atomic E-state index is 0. The maximum Gasteiger partial charge on any atom is 0.194 e. The summed E-state index contributed by atoms with van der Waals surface area (Å²) < 4.78 is 16.3. The highest BCUT2D eigenvalue weighted by atomic mass is 79.9. The summed E-state index contributed by atoms with van der Waals surface area (Å²) in [4.78, 5) is 13.8. The van der Waals surface area contributed by atoms with Crippen molar-refractivity contribution in [2.24, 2.45) is 4.99 Å². The molecule has 0 unspecified atom stereocenters. The van der Waals surface area contributed by atoms with Gasteiger partial charge in [0.1, 0.15) is 11.9 Å². The van der Waals surface area contributed by atoms with Crippen molar-refractivity contribution in [1.29, 1.82) is 0 Å². The topological polar surface area (TPSA) is 71.5 Å². The SMILES string of the molecule is Br.COCCNC(=NC[C@@H]1COCCO1)N1CCN(c2ccccn2)CC1. The third-order valence-corrected chi connectivity index (χ3v) is 4.47. The van der Waals surface area contributed by atoms with E-state index in [1.807, 2.05) is 18.3 Å². The summed E-state index contributed by atoms with van der Waals surface area (Å²) in [5.74, 6) is 1.95. The van der Waals surface area contributed by atoms with Gasteiger partial charge < -0.3 is 29.3 Å². The van der Waals surface area contributed by atoms with Crippen molar-refractivity contribution in [2.45, 2.75) is 6.10 Å². The molecule has 0 spiro atoms. The first-order chi connectivity index (χ1) is 12.9. The second kappa shape index (κ2) is 12.1. The van der Waals surface area contributed by atoms with Crippen LogP contribution in [-0.2, 0) is 14.2 Å². The Bertz CT molecular complexity index is 549. The minimum Gasteiger partial charge on any atom is -0.383 e. The highest BCUT2D eigenvalue weighted by molar-refractivity contribution is 8.93. The number of halogens is 1. The quantitative estimate of drug-likeness (QED) is 0.395. The van der Waals surface area contributed by atoms with Crippen LogP contribution in [0.1, 0.15) is 0 Å². The Morgan fingerprint density at radius 3 is 2.81 bits per heavy atom. The number of pyridine rings is 1. The Hall–Kier alpha value is -1.42. The Balaban J connectivity index is 0.00000261. The number of anilines is 1. The van der Waals surface area contributed by atoms with Gasteiger partial charge in [-0.1, -0.05) is 6.07 Å². The van der Waals surface area contributed by atoms with E-state index in [1.165, 1.54) is 0 Å². The number of ether oxygens (including phenoxy) is 3. The van der Waals surface area contributed by atoms with E-state index in [2.05, 4.69) is 26.2 Å². The molecule has 1 aromatic heterocycles. The molecule has 152 valence electrons. The second-order valence-electron chi connectivity index (χ2n) is 6.31. The molecule has 3 rings (SSSR count). The van der Waals surface area contributed by atoms with Gasteiger partial charge in [-0.3, -0.25) is 4.99 Å². The van der Waals surface area contributed by atoms with Crippen LogP contribution in [0.2, 0.25) is 0 Å². The Morgan fingerprint density at radius 1 is 1.30 bits per heavy atom. The van der Waals surface area contributed by atoms with E-state index >= 15 is 0 Å². The van der Waals surface area contributed by atoms with Gasteiger partial charge in [-0.2, -0.15) is 0 Å². The molecule has 0 saturated carbocycles. The zero-order valence-corrected chi connectivity index (χ0v) is 17.6. The van der Waals surface area contributed by atoms with Crippen molar-refractivity contribution in [3.63, 3.8) is 0 Å². The number of nitrogens with one attached hydrogen (secondary N) is 1. The predicted octanol–water partition coefficient (Wildman–Crippen LogP) is 0.789. The first-order valence-electron chi connectivity index (χ1n) is 9.24. The average molecular weight is 444 g/mol. The summed E-state index contributed by atoms with van der Waals surface area (Å²) in [7, 11) is 1.71. The van der Waals surface area contributed by atoms with Gasteiger partial charge in [0.2, 0.25) is 0 Å². The Kier molecular flexibility index (Phi) is 9.82. The van der Waals surface area contributed by atoms with Gasteiger partial charge in [-0.25, -0.2) is 4.98 Å². The molecule has 0 amide bonds. The highest BCUT2D eigenvalue weighted by Crippen LogP contribution is 2.12. The fourth-order valence-corrected chi connectivity index (χ4v) is 3.05. The van der Waals surface area contributed by atoms with Crippen LogP contribution in [0, 0.1) is 0 Å². The Labute approximate surface area is 171 Å². The maximum atomic E-state index is 5.70. The van der Waals surface area contributed by atoms with E-state index in [-0.39, 0.29) is 23.1 Å². The third kappa shape index (κ3) is 6.91. The molecule has 0 radical (unpaired) electrons. The van der Waals surface area contributed by atoms with E-state index in [1.54, 1.807) is 7.11 Å². The largest absolute Gasteiger partial charge is 0.383 e. The molecule has 0 bridgehead atoms. The number of aromatic nitrogens is 1. The van der Waals surface area contributed by atoms with Crippen LogP contribution in [0.25, 0.3) is 0 Å². The molecular formula is C18H30BrN5O3. The number of rotatable bonds is 6. The van der Waals surface area contributed by atoms with Gasteiger partial charge in [-0.15, -0.1) is 17.0 Å². The number of guanidine groups is 1. The molecule has 2 aliphatic heterocycles. The average Bonchev–Trinajstić information content (AvgIpc) is 2.72. The molecule has 2 saturated heterocycles. The summed E-state index contributed by atoms with van der Waals surface area (Å²) in [5.41, 5.74) is 0. The molecule has 0 aliphatic carbocycles. The van der Waals surface area contributed by atoms with Gasteiger partial charge >= 0.3 is 0 Å². The van der Waals surface area contributed by atoms with E-state index in [4.69, 9.17) is 19.2 Å². The highest BCUT2D eigenvalue weighted by Gasteiger charge is 2.21. The van der Waals surface area contributed by atoms with Crippen molar-refractivity contribution >= 4 is 28.8 Å². The fourth-order valence-electron chi connectivity index (χ4n) is 3.05. The first kappa shape index (κ1) is 21.9. The lowest BCUT2D eigenvalue weighted by Gasteiger charge is -2.37. The Morgan fingerprint density at radius 2 is 2.15 bits per heavy atom. The molecule has 9 heteroatoms. The molecule has 3 heterocycles. The van der Waals surface area contributed by atoms with Crippen LogP contribution in [0.5, 0.6) is 0 Å². The van der Waals surface area contributed by atoms with Crippen molar-refractivity contribution in [1.82, 2.24) is 15.2 Å². The summed E-state index contributed by atoms with van der Waals surface area (Å²) in [6.07, 6.45) is 1.88. The van der Waals surface area contributed by atoms with Gasteiger partial charge in [0, 0.05) is 46.0 Å². The van der Waals surface area contributed by atoms with Crippen molar-refractivity contribution < 1.29 is 14.2 Å². The van der Waals surface area contributed by atoms with Crippen molar-refractivity contribution in [2.75, 3.05) is 77.7 Å². The number of aliphatic imine (C=N–C) groups is 1. The minimum atomic E-state index is 0. The van der Waals surface area contributed by atoms with E-state index in [0.29, 0.717) is 33.0 Å². The summed E-state index contributed by atoms with van der Waals surface area (Å²) in [6, 6.07) is 6.03. The first-order valence-corrected chi connectivity index (χ1v) is 9.24. The maximum absolute atomic E-state index is 5.70. The number of hydrogen-bond donors (Lipinski definition) is 1. The third-order valence-electron chi connectivity index (χ3n) is 4.47. The molecule has 1 N–H and O–H groups in total. The molecule has 1 aromatic rings. The van der Waals surface area contributed by atoms with Crippen LogP contribution in [0.3, 0.4) is 0 Å². The lowest BCUT2D eigenvalue weighted by molar-refractivity contribution is -0.0833. The van der Waals surface area contributed by atoms with Crippen LogP contribution in [0.15, 0.2) is 29.4 Å². The lowest BCUT2D eigenvalue weighted by atomic mass is 10.3. The molecule has 27 heavy (non-hydrogen) atoms. The zero-order valence-electron chi connectivity index (χ0n) is 15.9. The summed E-state index contributed by atoms with van der Waals surface area (Å²) >= 11 is 0. The van der Waals surface area contributed by atoms with E-state index in [9.17, 15) is 0 Å².